The highest BCUT2D eigenvalue weighted by Gasteiger charge is 2.08. The molecule has 18 heavy (non-hydrogen) atoms. The van der Waals surface area contributed by atoms with Crippen LogP contribution >= 0.6 is 11.3 Å². The highest BCUT2D eigenvalue weighted by Crippen LogP contribution is 2.24. The SMILES string of the molecule is O=C(O)CCCc1nc(-c2ccccc2F)cs1. The summed E-state index contributed by atoms with van der Waals surface area (Å²) in [5, 5.41) is 11.2. The minimum absolute atomic E-state index is 0.134. The van der Waals surface area contributed by atoms with Crippen molar-refractivity contribution in [3.05, 3.63) is 40.5 Å². The van der Waals surface area contributed by atoms with Crippen LogP contribution in [-0.4, -0.2) is 16.1 Å². The van der Waals surface area contributed by atoms with Crippen molar-refractivity contribution in [2.75, 3.05) is 0 Å². The molecule has 0 spiro atoms. The first-order valence-corrected chi connectivity index (χ1v) is 6.46. The Kier molecular flexibility index (Phi) is 4.04. The number of aromatic nitrogens is 1. The standard InChI is InChI=1S/C13H12FNO2S/c14-10-5-2-1-4-9(10)11-8-18-12(15-11)6-3-7-13(16)17/h1-2,4-5,8H,3,6-7H2,(H,16,17). The second-order valence-electron chi connectivity index (χ2n) is 3.85. The molecule has 0 saturated carbocycles. The summed E-state index contributed by atoms with van der Waals surface area (Å²) in [6.45, 7) is 0. The van der Waals surface area contributed by atoms with Gasteiger partial charge in [-0.15, -0.1) is 11.3 Å². The Labute approximate surface area is 108 Å². The lowest BCUT2D eigenvalue weighted by molar-refractivity contribution is -0.137. The number of hydrogen-bond acceptors (Lipinski definition) is 3. The van der Waals surface area contributed by atoms with Crippen molar-refractivity contribution >= 4 is 17.3 Å². The van der Waals surface area contributed by atoms with E-state index in [-0.39, 0.29) is 12.2 Å². The average Bonchev–Trinajstić information content (AvgIpc) is 2.78. The lowest BCUT2D eigenvalue weighted by Crippen LogP contribution is -1.95. The summed E-state index contributed by atoms with van der Waals surface area (Å²) in [7, 11) is 0. The molecule has 0 amide bonds. The van der Waals surface area contributed by atoms with Crippen LogP contribution in [0.25, 0.3) is 11.3 Å². The molecule has 94 valence electrons. The van der Waals surface area contributed by atoms with E-state index in [0.717, 1.165) is 5.01 Å². The van der Waals surface area contributed by atoms with Gasteiger partial charge in [0.05, 0.1) is 10.7 Å². The molecule has 2 rings (SSSR count). The maximum Gasteiger partial charge on any atom is 0.303 e. The highest BCUT2D eigenvalue weighted by molar-refractivity contribution is 7.09. The van der Waals surface area contributed by atoms with Gasteiger partial charge in [0.2, 0.25) is 0 Å². The van der Waals surface area contributed by atoms with Crippen molar-refractivity contribution in [2.45, 2.75) is 19.3 Å². The van der Waals surface area contributed by atoms with Gasteiger partial charge >= 0.3 is 5.97 Å². The van der Waals surface area contributed by atoms with Crippen LogP contribution in [-0.2, 0) is 11.2 Å². The summed E-state index contributed by atoms with van der Waals surface area (Å²) < 4.78 is 13.5. The monoisotopic (exact) mass is 265 g/mol. The Morgan fingerprint density at radius 2 is 2.17 bits per heavy atom. The van der Waals surface area contributed by atoms with Crippen LogP contribution in [0.3, 0.4) is 0 Å². The zero-order chi connectivity index (χ0) is 13.0. The number of hydrogen-bond donors (Lipinski definition) is 1. The molecule has 1 aromatic carbocycles. The van der Waals surface area contributed by atoms with Crippen LogP contribution in [0, 0.1) is 5.82 Å². The molecule has 1 heterocycles. The summed E-state index contributed by atoms with van der Waals surface area (Å²) in [6, 6.07) is 6.49. The van der Waals surface area contributed by atoms with E-state index in [4.69, 9.17) is 5.11 Å². The summed E-state index contributed by atoms with van der Waals surface area (Å²) in [5.74, 6) is -1.10. The predicted octanol–water partition coefficient (Wildman–Crippen LogP) is 3.36. The molecule has 5 heteroatoms. The number of carboxylic acids is 1. The molecule has 0 saturated heterocycles. The number of benzene rings is 1. The molecule has 0 aliphatic rings. The summed E-state index contributed by atoms with van der Waals surface area (Å²) in [4.78, 5) is 14.7. The molecule has 0 radical (unpaired) electrons. The molecule has 0 fully saturated rings. The van der Waals surface area contributed by atoms with E-state index < -0.39 is 5.97 Å². The molecule has 0 aliphatic carbocycles. The second kappa shape index (κ2) is 5.73. The minimum atomic E-state index is -0.805. The number of carbonyl (C=O) groups is 1. The Hall–Kier alpha value is -1.75. The predicted molar refractivity (Wildman–Crippen MR) is 68.1 cm³/mol. The van der Waals surface area contributed by atoms with E-state index in [1.807, 2.05) is 0 Å². The molecule has 0 atom stereocenters. The zero-order valence-electron chi connectivity index (χ0n) is 9.60. The van der Waals surface area contributed by atoms with Crippen LogP contribution in [0.15, 0.2) is 29.6 Å². The highest BCUT2D eigenvalue weighted by atomic mass is 32.1. The Bertz CT molecular complexity index is 553. The summed E-state index contributed by atoms with van der Waals surface area (Å²) in [5.41, 5.74) is 1.10. The number of carboxylic acid groups (broad SMARTS) is 1. The van der Waals surface area contributed by atoms with Gasteiger partial charge in [-0.25, -0.2) is 9.37 Å². The van der Waals surface area contributed by atoms with Crippen LogP contribution in [0.2, 0.25) is 0 Å². The lowest BCUT2D eigenvalue weighted by Gasteiger charge is -1.97. The topological polar surface area (TPSA) is 50.2 Å². The molecular weight excluding hydrogens is 253 g/mol. The third kappa shape index (κ3) is 3.13. The average molecular weight is 265 g/mol. The number of rotatable bonds is 5. The molecule has 2 aromatic rings. The lowest BCUT2D eigenvalue weighted by atomic mass is 10.1. The van der Waals surface area contributed by atoms with E-state index in [1.165, 1.54) is 17.4 Å². The van der Waals surface area contributed by atoms with E-state index >= 15 is 0 Å². The Morgan fingerprint density at radius 3 is 2.89 bits per heavy atom. The van der Waals surface area contributed by atoms with Gasteiger partial charge in [-0.1, -0.05) is 12.1 Å². The van der Waals surface area contributed by atoms with E-state index in [9.17, 15) is 9.18 Å². The third-order valence-corrected chi connectivity index (χ3v) is 3.39. The maximum absolute atomic E-state index is 13.5. The fourth-order valence-corrected chi connectivity index (χ4v) is 2.45. The van der Waals surface area contributed by atoms with Crippen LogP contribution in [0.5, 0.6) is 0 Å². The zero-order valence-corrected chi connectivity index (χ0v) is 10.4. The van der Waals surface area contributed by atoms with Crippen LogP contribution < -0.4 is 0 Å². The van der Waals surface area contributed by atoms with E-state index in [2.05, 4.69) is 4.98 Å². The maximum atomic E-state index is 13.5. The molecule has 1 aromatic heterocycles. The number of aryl methyl sites for hydroxylation is 1. The van der Waals surface area contributed by atoms with Gasteiger partial charge in [-0.05, 0) is 25.0 Å². The molecule has 3 nitrogen and oxygen atoms in total. The van der Waals surface area contributed by atoms with Gasteiger partial charge in [0, 0.05) is 17.4 Å². The second-order valence-corrected chi connectivity index (χ2v) is 4.80. The molecule has 0 aliphatic heterocycles. The normalized spacial score (nSPS) is 10.5. The fraction of sp³-hybridized carbons (Fsp3) is 0.231. The van der Waals surface area contributed by atoms with Gasteiger partial charge < -0.3 is 5.11 Å². The van der Waals surface area contributed by atoms with Gasteiger partial charge in [0.15, 0.2) is 0 Å². The van der Waals surface area contributed by atoms with Crippen molar-refractivity contribution < 1.29 is 14.3 Å². The largest absolute Gasteiger partial charge is 0.481 e. The molecule has 0 bridgehead atoms. The molecular formula is C13H12FNO2S. The van der Waals surface area contributed by atoms with Gasteiger partial charge in [-0.2, -0.15) is 0 Å². The number of thiazole rings is 1. The van der Waals surface area contributed by atoms with Crippen LogP contribution in [0.1, 0.15) is 17.8 Å². The van der Waals surface area contributed by atoms with Crippen molar-refractivity contribution in [3.8, 4) is 11.3 Å². The van der Waals surface area contributed by atoms with Crippen molar-refractivity contribution in [1.82, 2.24) is 4.98 Å². The van der Waals surface area contributed by atoms with Crippen molar-refractivity contribution in [3.63, 3.8) is 0 Å². The van der Waals surface area contributed by atoms with Crippen LogP contribution in [0.4, 0.5) is 4.39 Å². The van der Waals surface area contributed by atoms with Crippen molar-refractivity contribution in [1.29, 1.82) is 0 Å². The van der Waals surface area contributed by atoms with Gasteiger partial charge in [0.1, 0.15) is 5.82 Å². The number of halogens is 1. The number of nitrogens with zero attached hydrogens (tertiary/aromatic N) is 1. The first-order chi connectivity index (χ1) is 8.66. The number of aliphatic carboxylic acids is 1. The summed E-state index contributed by atoms with van der Waals surface area (Å²) in [6.07, 6.45) is 1.31. The molecule has 1 N–H and O–H groups in total. The van der Waals surface area contributed by atoms with E-state index in [1.54, 1.807) is 23.6 Å². The quantitative estimate of drug-likeness (QED) is 0.901. The minimum Gasteiger partial charge on any atom is -0.481 e. The van der Waals surface area contributed by atoms with E-state index in [0.29, 0.717) is 24.1 Å². The Balaban J connectivity index is 2.06. The van der Waals surface area contributed by atoms with Gasteiger partial charge in [-0.3, -0.25) is 4.79 Å². The first kappa shape index (κ1) is 12.7. The fourth-order valence-electron chi connectivity index (χ4n) is 1.61. The molecule has 0 unspecified atom stereocenters. The Morgan fingerprint density at radius 1 is 1.39 bits per heavy atom. The smallest absolute Gasteiger partial charge is 0.303 e. The first-order valence-electron chi connectivity index (χ1n) is 5.58. The third-order valence-electron chi connectivity index (χ3n) is 2.48. The summed E-state index contributed by atoms with van der Waals surface area (Å²) >= 11 is 1.43. The van der Waals surface area contributed by atoms with Gasteiger partial charge in [0.25, 0.3) is 0 Å². The van der Waals surface area contributed by atoms with Crippen molar-refractivity contribution in [2.24, 2.45) is 0 Å².